The molecule has 8 rings (SSSR count). The van der Waals surface area contributed by atoms with E-state index in [1.165, 1.54) is 37.0 Å². The summed E-state index contributed by atoms with van der Waals surface area (Å²) in [6, 6.07) is 37.6. The largest absolute Gasteiger partial charge is 0.416 e. The molecule has 0 spiro atoms. The van der Waals surface area contributed by atoms with E-state index in [0.29, 0.717) is 11.6 Å². The summed E-state index contributed by atoms with van der Waals surface area (Å²) >= 11 is 0. The lowest BCUT2D eigenvalue weighted by atomic mass is 9.33. The molecule has 0 bridgehead atoms. The van der Waals surface area contributed by atoms with Crippen molar-refractivity contribution in [3.63, 3.8) is 0 Å². The van der Waals surface area contributed by atoms with Crippen molar-refractivity contribution in [3.8, 4) is 0 Å². The van der Waals surface area contributed by atoms with Gasteiger partial charge in [-0.15, -0.1) is 0 Å². The van der Waals surface area contributed by atoms with Crippen LogP contribution < -0.4 is 26.2 Å². The lowest BCUT2D eigenvalue weighted by Crippen LogP contribution is -2.61. The molecule has 2 aliphatic heterocycles. The van der Waals surface area contributed by atoms with Crippen LogP contribution in [0.2, 0.25) is 0 Å². The van der Waals surface area contributed by atoms with Gasteiger partial charge < -0.3 is 9.80 Å². The Morgan fingerprint density at radius 1 is 0.558 bits per heavy atom. The van der Waals surface area contributed by atoms with Gasteiger partial charge in [0.05, 0.1) is 5.56 Å². The summed E-state index contributed by atoms with van der Waals surface area (Å²) < 4.78 is 42.6. The molecule has 1 saturated carbocycles. The molecule has 3 aliphatic rings. The summed E-state index contributed by atoms with van der Waals surface area (Å²) in [5.41, 5.74) is 9.42. The number of hydrogen-bond acceptors (Lipinski definition) is 2. The molecule has 0 radical (unpaired) electrons. The van der Waals surface area contributed by atoms with Crippen LogP contribution in [-0.2, 0) is 6.18 Å². The molecule has 0 aromatic heterocycles. The standard InChI is InChI=1S/C37H30BF3N2/c39-37(40,41)27-20-21-31-33(24-27)43(29-16-8-3-9-17-29)35-23-26(25-12-4-1-5-13-25)22-34-36(35)38(31)30-18-10-11-19-32(30)42(34)28-14-6-2-7-15-28/h2-3,6-11,14-25H,1,4-5,12-13H2. The summed E-state index contributed by atoms with van der Waals surface area (Å²) in [6.45, 7) is -0.196. The first-order valence-electron chi connectivity index (χ1n) is 15.2. The molecular weight excluding hydrogens is 540 g/mol. The van der Waals surface area contributed by atoms with E-state index in [0.717, 1.165) is 57.7 Å². The smallest absolute Gasteiger partial charge is 0.311 e. The first-order chi connectivity index (χ1) is 21.0. The number of anilines is 6. The van der Waals surface area contributed by atoms with E-state index >= 15 is 0 Å². The van der Waals surface area contributed by atoms with Crippen molar-refractivity contribution in [1.29, 1.82) is 0 Å². The highest BCUT2D eigenvalue weighted by molar-refractivity contribution is 7.00. The average molecular weight is 570 g/mol. The van der Waals surface area contributed by atoms with E-state index in [1.807, 2.05) is 42.5 Å². The minimum absolute atomic E-state index is 0.196. The molecule has 6 heteroatoms. The minimum Gasteiger partial charge on any atom is -0.311 e. The number of benzene rings is 5. The van der Waals surface area contributed by atoms with Gasteiger partial charge in [-0.2, -0.15) is 13.2 Å². The fourth-order valence-corrected chi connectivity index (χ4v) is 7.52. The second-order valence-corrected chi connectivity index (χ2v) is 11.9. The van der Waals surface area contributed by atoms with Crippen molar-refractivity contribution < 1.29 is 13.2 Å². The maximum absolute atomic E-state index is 14.2. The van der Waals surface area contributed by atoms with Gasteiger partial charge in [0.25, 0.3) is 6.71 Å². The Kier molecular flexibility index (Phi) is 6.14. The van der Waals surface area contributed by atoms with E-state index in [9.17, 15) is 13.2 Å². The van der Waals surface area contributed by atoms with E-state index < -0.39 is 11.7 Å². The average Bonchev–Trinajstić information content (AvgIpc) is 3.05. The summed E-state index contributed by atoms with van der Waals surface area (Å²) in [5.74, 6) is 0.420. The molecule has 43 heavy (non-hydrogen) atoms. The first-order valence-corrected chi connectivity index (χ1v) is 15.2. The van der Waals surface area contributed by atoms with Gasteiger partial charge in [0, 0.05) is 34.1 Å². The zero-order chi connectivity index (χ0) is 29.1. The zero-order valence-electron chi connectivity index (χ0n) is 23.7. The third-order valence-corrected chi connectivity index (χ3v) is 9.43. The molecular formula is C37H30BF3N2. The maximum Gasteiger partial charge on any atom is 0.416 e. The number of hydrogen-bond donors (Lipinski definition) is 0. The van der Waals surface area contributed by atoms with Crippen molar-refractivity contribution in [2.24, 2.45) is 0 Å². The third-order valence-electron chi connectivity index (χ3n) is 9.43. The predicted octanol–water partition coefficient (Wildman–Crippen LogP) is 8.84. The molecule has 5 aromatic rings. The number of nitrogens with zero attached hydrogens (tertiary/aromatic N) is 2. The van der Waals surface area contributed by atoms with Crippen molar-refractivity contribution in [2.75, 3.05) is 9.80 Å². The van der Waals surface area contributed by atoms with Crippen LogP contribution in [0.3, 0.4) is 0 Å². The van der Waals surface area contributed by atoms with Gasteiger partial charge in [-0.1, -0.05) is 86.0 Å². The molecule has 2 nitrogen and oxygen atoms in total. The molecule has 0 unspecified atom stereocenters. The van der Waals surface area contributed by atoms with Gasteiger partial charge in [0.2, 0.25) is 0 Å². The molecule has 1 aliphatic carbocycles. The highest BCUT2D eigenvalue weighted by Gasteiger charge is 2.44. The molecule has 0 amide bonds. The Hall–Kier alpha value is -4.45. The SMILES string of the molecule is FC(F)(F)c1ccc2c(c1)N(c1ccccc1)c1cc(C3CCCCC3)cc3c1B2c1ccccc1N3c1ccccc1. The van der Waals surface area contributed by atoms with Crippen molar-refractivity contribution >= 4 is 57.2 Å². The van der Waals surface area contributed by atoms with Crippen LogP contribution in [0.15, 0.2) is 115 Å². The van der Waals surface area contributed by atoms with Crippen LogP contribution in [-0.4, -0.2) is 6.71 Å². The lowest BCUT2D eigenvalue weighted by Gasteiger charge is -2.45. The fraction of sp³-hybridized carbons (Fsp3) is 0.189. The van der Waals surface area contributed by atoms with Crippen LogP contribution >= 0.6 is 0 Å². The second-order valence-electron chi connectivity index (χ2n) is 11.9. The molecule has 2 heterocycles. The van der Waals surface area contributed by atoms with Crippen LogP contribution in [0.1, 0.15) is 49.1 Å². The van der Waals surface area contributed by atoms with Crippen LogP contribution in [0, 0.1) is 0 Å². The topological polar surface area (TPSA) is 6.48 Å². The number of rotatable bonds is 3. The monoisotopic (exact) mass is 570 g/mol. The normalized spacial score (nSPS) is 16.0. The van der Waals surface area contributed by atoms with E-state index in [-0.39, 0.29) is 6.71 Å². The molecule has 212 valence electrons. The molecule has 0 N–H and O–H groups in total. The second kappa shape index (κ2) is 10.1. The Bertz CT molecular complexity index is 1810. The van der Waals surface area contributed by atoms with Gasteiger partial charge in [-0.05, 0) is 89.2 Å². The maximum atomic E-state index is 14.2. The summed E-state index contributed by atoms with van der Waals surface area (Å²) in [5, 5.41) is 0. The van der Waals surface area contributed by atoms with E-state index in [2.05, 4.69) is 64.4 Å². The number of fused-ring (bicyclic) bond motifs is 4. The van der Waals surface area contributed by atoms with Crippen molar-refractivity contribution in [3.05, 3.63) is 126 Å². The molecule has 0 atom stereocenters. The summed E-state index contributed by atoms with van der Waals surface area (Å²) in [4.78, 5) is 4.43. The number of halogens is 3. The van der Waals surface area contributed by atoms with Gasteiger partial charge >= 0.3 is 6.18 Å². The molecule has 1 fully saturated rings. The Labute approximate surface area is 250 Å². The summed E-state index contributed by atoms with van der Waals surface area (Å²) in [7, 11) is 0. The quantitative estimate of drug-likeness (QED) is 0.196. The van der Waals surface area contributed by atoms with E-state index in [4.69, 9.17) is 0 Å². The summed E-state index contributed by atoms with van der Waals surface area (Å²) in [6.07, 6.45) is 1.47. The third kappa shape index (κ3) is 4.26. The Morgan fingerprint density at radius 3 is 1.74 bits per heavy atom. The van der Waals surface area contributed by atoms with E-state index in [1.54, 1.807) is 6.07 Å². The highest BCUT2D eigenvalue weighted by Crippen LogP contribution is 2.47. The highest BCUT2D eigenvalue weighted by atomic mass is 19.4. The molecule has 5 aromatic carbocycles. The first kappa shape index (κ1) is 26.2. The fourth-order valence-electron chi connectivity index (χ4n) is 7.52. The van der Waals surface area contributed by atoms with Crippen molar-refractivity contribution in [2.45, 2.75) is 44.2 Å². The Balaban J connectivity index is 1.48. The van der Waals surface area contributed by atoms with Crippen LogP contribution in [0.25, 0.3) is 0 Å². The molecule has 0 saturated heterocycles. The van der Waals surface area contributed by atoms with Crippen molar-refractivity contribution in [1.82, 2.24) is 0 Å². The Morgan fingerprint density at radius 2 is 1.12 bits per heavy atom. The lowest BCUT2D eigenvalue weighted by molar-refractivity contribution is -0.137. The van der Waals surface area contributed by atoms with Gasteiger partial charge in [0.15, 0.2) is 0 Å². The predicted molar refractivity (Wildman–Crippen MR) is 171 cm³/mol. The van der Waals surface area contributed by atoms with Gasteiger partial charge in [-0.25, -0.2) is 0 Å². The number of alkyl halides is 3. The van der Waals surface area contributed by atoms with Crippen LogP contribution in [0.4, 0.5) is 47.3 Å². The van der Waals surface area contributed by atoms with Gasteiger partial charge in [-0.3, -0.25) is 0 Å². The van der Waals surface area contributed by atoms with Gasteiger partial charge in [0.1, 0.15) is 0 Å². The zero-order valence-corrected chi connectivity index (χ0v) is 23.7. The number of para-hydroxylation sites is 3. The minimum atomic E-state index is -4.44. The van der Waals surface area contributed by atoms with Crippen LogP contribution in [0.5, 0.6) is 0 Å².